The Kier molecular flexibility index (Phi) is 3.33. The van der Waals surface area contributed by atoms with Gasteiger partial charge in [0.2, 0.25) is 0 Å². The lowest BCUT2D eigenvalue weighted by atomic mass is 10.1. The molecule has 1 atom stereocenters. The first kappa shape index (κ1) is 12.3. The molecule has 2 aromatic rings. The van der Waals surface area contributed by atoms with E-state index in [2.05, 4.69) is 0 Å². The Morgan fingerprint density at radius 1 is 1.18 bits per heavy atom. The van der Waals surface area contributed by atoms with Crippen LogP contribution in [0.4, 0.5) is 0 Å². The first-order valence-electron chi connectivity index (χ1n) is 5.07. The highest BCUT2D eigenvalue weighted by Crippen LogP contribution is 2.24. The standard InChI is InChI=1S/C12H13NO2S2/c1-17(14,15)10-6-4-9(5-7-10)12(13)11-3-2-8-16-11/h2-8,12H,13H2,1H3. The summed E-state index contributed by atoms with van der Waals surface area (Å²) < 4.78 is 22.6. The lowest BCUT2D eigenvalue weighted by molar-refractivity contribution is 0.602. The van der Waals surface area contributed by atoms with Crippen molar-refractivity contribution in [1.82, 2.24) is 0 Å². The van der Waals surface area contributed by atoms with Gasteiger partial charge in [-0.2, -0.15) is 0 Å². The number of hydrogen-bond donors (Lipinski definition) is 1. The van der Waals surface area contributed by atoms with Crippen molar-refractivity contribution in [2.24, 2.45) is 5.73 Å². The van der Waals surface area contributed by atoms with Crippen molar-refractivity contribution >= 4 is 21.2 Å². The highest BCUT2D eigenvalue weighted by molar-refractivity contribution is 7.90. The van der Waals surface area contributed by atoms with E-state index in [0.717, 1.165) is 10.4 Å². The van der Waals surface area contributed by atoms with Crippen LogP contribution in [-0.4, -0.2) is 14.7 Å². The predicted octanol–water partition coefficient (Wildman–Crippen LogP) is 2.20. The molecule has 0 aliphatic rings. The van der Waals surface area contributed by atoms with Gasteiger partial charge in [-0.25, -0.2) is 8.42 Å². The topological polar surface area (TPSA) is 60.2 Å². The van der Waals surface area contributed by atoms with Gasteiger partial charge in [0.1, 0.15) is 0 Å². The van der Waals surface area contributed by atoms with E-state index in [1.165, 1.54) is 6.26 Å². The molecule has 0 aliphatic heterocycles. The Hall–Kier alpha value is -1.17. The highest BCUT2D eigenvalue weighted by Gasteiger charge is 2.11. The number of benzene rings is 1. The lowest BCUT2D eigenvalue weighted by Gasteiger charge is -2.10. The molecule has 0 spiro atoms. The summed E-state index contributed by atoms with van der Waals surface area (Å²) in [6, 6.07) is 10.5. The van der Waals surface area contributed by atoms with Gasteiger partial charge < -0.3 is 5.73 Å². The zero-order valence-corrected chi connectivity index (χ0v) is 11.0. The SMILES string of the molecule is CS(=O)(=O)c1ccc(C(N)c2cccs2)cc1. The molecular formula is C12H13NO2S2. The Labute approximate surface area is 105 Å². The molecule has 90 valence electrons. The Morgan fingerprint density at radius 3 is 2.29 bits per heavy atom. The maximum absolute atomic E-state index is 11.3. The molecule has 1 unspecified atom stereocenters. The molecule has 0 radical (unpaired) electrons. The normalized spacial score (nSPS) is 13.5. The van der Waals surface area contributed by atoms with E-state index in [-0.39, 0.29) is 6.04 Å². The zero-order chi connectivity index (χ0) is 12.5. The van der Waals surface area contributed by atoms with E-state index in [1.54, 1.807) is 35.6 Å². The van der Waals surface area contributed by atoms with Gasteiger partial charge in [-0.3, -0.25) is 0 Å². The van der Waals surface area contributed by atoms with E-state index >= 15 is 0 Å². The first-order chi connectivity index (χ1) is 7.98. The second-order valence-electron chi connectivity index (χ2n) is 3.83. The van der Waals surface area contributed by atoms with Gasteiger partial charge in [0.15, 0.2) is 9.84 Å². The molecule has 0 bridgehead atoms. The van der Waals surface area contributed by atoms with E-state index in [9.17, 15) is 8.42 Å². The van der Waals surface area contributed by atoms with Crippen LogP contribution in [0, 0.1) is 0 Å². The summed E-state index contributed by atoms with van der Waals surface area (Å²) in [4.78, 5) is 1.39. The van der Waals surface area contributed by atoms with Gasteiger partial charge >= 0.3 is 0 Å². The smallest absolute Gasteiger partial charge is 0.175 e. The fourth-order valence-electron chi connectivity index (χ4n) is 1.55. The van der Waals surface area contributed by atoms with E-state index in [4.69, 9.17) is 5.73 Å². The number of sulfone groups is 1. The van der Waals surface area contributed by atoms with Crippen molar-refractivity contribution in [1.29, 1.82) is 0 Å². The summed E-state index contributed by atoms with van der Waals surface area (Å²) in [5.41, 5.74) is 7.00. The molecule has 0 fully saturated rings. The fourth-order valence-corrected chi connectivity index (χ4v) is 2.94. The van der Waals surface area contributed by atoms with Crippen LogP contribution in [0.2, 0.25) is 0 Å². The van der Waals surface area contributed by atoms with Gasteiger partial charge in [-0.15, -0.1) is 11.3 Å². The minimum absolute atomic E-state index is 0.191. The van der Waals surface area contributed by atoms with Crippen LogP contribution in [0.1, 0.15) is 16.5 Å². The molecule has 0 saturated heterocycles. The molecule has 3 nitrogen and oxygen atoms in total. The summed E-state index contributed by atoms with van der Waals surface area (Å²) in [6.07, 6.45) is 1.20. The number of hydrogen-bond acceptors (Lipinski definition) is 4. The van der Waals surface area contributed by atoms with Crippen molar-refractivity contribution in [3.63, 3.8) is 0 Å². The third kappa shape index (κ3) is 2.74. The quantitative estimate of drug-likeness (QED) is 0.927. The maximum Gasteiger partial charge on any atom is 0.175 e. The monoisotopic (exact) mass is 267 g/mol. The average molecular weight is 267 g/mol. The molecule has 17 heavy (non-hydrogen) atoms. The fraction of sp³-hybridized carbons (Fsp3) is 0.167. The van der Waals surface area contributed by atoms with Crippen LogP contribution in [0.15, 0.2) is 46.7 Å². The molecule has 5 heteroatoms. The average Bonchev–Trinajstić information content (AvgIpc) is 2.80. The lowest BCUT2D eigenvalue weighted by Crippen LogP contribution is -2.10. The van der Waals surface area contributed by atoms with Crippen LogP contribution < -0.4 is 5.73 Å². The van der Waals surface area contributed by atoms with Crippen molar-refractivity contribution in [2.45, 2.75) is 10.9 Å². The van der Waals surface area contributed by atoms with Crippen LogP contribution in [0.5, 0.6) is 0 Å². The van der Waals surface area contributed by atoms with Crippen molar-refractivity contribution < 1.29 is 8.42 Å². The largest absolute Gasteiger partial charge is 0.320 e. The molecule has 1 aromatic carbocycles. The molecule has 0 amide bonds. The van der Waals surface area contributed by atoms with Gasteiger partial charge in [-0.05, 0) is 29.1 Å². The zero-order valence-electron chi connectivity index (χ0n) is 9.33. The van der Waals surface area contributed by atoms with E-state index < -0.39 is 9.84 Å². The maximum atomic E-state index is 11.3. The first-order valence-corrected chi connectivity index (χ1v) is 7.84. The minimum Gasteiger partial charge on any atom is -0.320 e. The van der Waals surface area contributed by atoms with Crippen LogP contribution in [0.25, 0.3) is 0 Å². The molecule has 0 aliphatic carbocycles. The third-order valence-corrected chi connectivity index (χ3v) is 4.60. The van der Waals surface area contributed by atoms with Crippen molar-refractivity contribution in [3.05, 3.63) is 52.2 Å². The van der Waals surface area contributed by atoms with Crippen molar-refractivity contribution in [3.8, 4) is 0 Å². The number of nitrogens with two attached hydrogens (primary N) is 1. The summed E-state index contributed by atoms with van der Waals surface area (Å²) in [5.74, 6) is 0. The third-order valence-electron chi connectivity index (χ3n) is 2.52. The second kappa shape index (κ2) is 4.60. The predicted molar refractivity (Wildman–Crippen MR) is 69.9 cm³/mol. The van der Waals surface area contributed by atoms with Gasteiger partial charge in [0.25, 0.3) is 0 Å². The number of rotatable bonds is 3. The highest BCUT2D eigenvalue weighted by atomic mass is 32.2. The summed E-state index contributed by atoms with van der Waals surface area (Å²) in [6.45, 7) is 0. The molecule has 1 aromatic heterocycles. The Bertz CT molecular complexity index is 586. The summed E-state index contributed by atoms with van der Waals surface area (Å²) >= 11 is 1.59. The van der Waals surface area contributed by atoms with Crippen LogP contribution in [-0.2, 0) is 9.84 Å². The van der Waals surface area contributed by atoms with Crippen molar-refractivity contribution in [2.75, 3.05) is 6.26 Å². The summed E-state index contributed by atoms with van der Waals surface area (Å²) in [5, 5.41) is 1.97. The van der Waals surface area contributed by atoms with E-state index in [0.29, 0.717) is 4.90 Å². The Morgan fingerprint density at radius 2 is 1.82 bits per heavy atom. The summed E-state index contributed by atoms with van der Waals surface area (Å²) in [7, 11) is -3.14. The van der Waals surface area contributed by atoms with Crippen LogP contribution in [0.3, 0.4) is 0 Å². The molecule has 1 heterocycles. The van der Waals surface area contributed by atoms with Crippen LogP contribution >= 0.6 is 11.3 Å². The van der Waals surface area contributed by atoms with E-state index in [1.807, 2.05) is 17.5 Å². The molecule has 2 N–H and O–H groups in total. The molecule has 0 saturated carbocycles. The van der Waals surface area contributed by atoms with Gasteiger partial charge in [0, 0.05) is 11.1 Å². The molecular weight excluding hydrogens is 254 g/mol. The molecule has 2 rings (SSSR count). The second-order valence-corrected chi connectivity index (χ2v) is 6.83. The van der Waals surface area contributed by atoms with Gasteiger partial charge in [0.05, 0.1) is 10.9 Å². The Balaban J connectivity index is 2.30. The minimum atomic E-state index is -3.14. The van der Waals surface area contributed by atoms with Gasteiger partial charge in [-0.1, -0.05) is 18.2 Å². The number of thiophene rings is 1.